The van der Waals surface area contributed by atoms with Gasteiger partial charge in [-0.05, 0) is 80.5 Å². The molecule has 7 heterocycles. The van der Waals surface area contributed by atoms with Crippen molar-refractivity contribution in [2.24, 2.45) is 11.3 Å². The number of anilines is 3. The molecule has 1 unspecified atom stereocenters. The van der Waals surface area contributed by atoms with Crippen molar-refractivity contribution in [2.75, 3.05) is 80.1 Å². The Bertz CT molecular complexity index is 2280. The first-order valence-corrected chi connectivity index (χ1v) is 20.6. The zero-order valence-corrected chi connectivity index (χ0v) is 33.5. The normalized spacial score (nSPS) is 23.5. The molecule has 1 spiro atoms. The van der Waals surface area contributed by atoms with Gasteiger partial charge in [-0.25, -0.2) is 4.39 Å². The van der Waals surface area contributed by atoms with Gasteiger partial charge in [0, 0.05) is 89.5 Å². The number of halogens is 2. The number of nitrogens with one attached hydrogen (secondary N) is 1. The van der Waals surface area contributed by atoms with Crippen LogP contribution >= 0.6 is 11.6 Å². The lowest BCUT2D eigenvalue weighted by atomic mass is 9.77. The van der Waals surface area contributed by atoms with Gasteiger partial charge < -0.3 is 19.6 Å². The molecule has 1 aromatic heterocycles. The molecule has 59 heavy (non-hydrogen) atoms. The van der Waals surface area contributed by atoms with Crippen molar-refractivity contribution in [3.8, 4) is 6.07 Å². The van der Waals surface area contributed by atoms with E-state index in [2.05, 4.69) is 43.2 Å². The van der Waals surface area contributed by atoms with Crippen LogP contribution in [-0.4, -0.2) is 132 Å². The van der Waals surface area contributed by atoms with Gasteiger partial charge >= 0.3 is 0 Å². The number of hydrogen-bond acceptors (Lipinski definition) is 12. The fraction of sp³-hybridized carbons (Fsp3) is 0.476. The molecule has 0 saturated carbocycles. The standard InChI is InChI=1S/C42H44ClFN10O5/c1-25-19-42(24-53(25)28-3-2-27(20-45)31(43)16-28)8-10-50(11-9-42)36-6-4-33(47-48-36)41(59)51-14-12-49(13-15-51)21-26-22-52(23-26)35-18-30-29(17-32(35)44)39(57)54(40(30)58)34-5-7-37(55)46-38(34)56/h2-4,6,16-18,25-26,34H,5,7-15,19,21-24H2,1H3,(H,46,55,56)/t25-,34?/m0/s1. The predicted molar refractivity (Wildman–Crippen MR) is 215 cm³/mol. The van der Waals surface area contributed by atoms with E-state index in [0.29, 0.717) is 61.6 Å². The van der Waals surface area contributed by atoms with Crippen LogP contribution in [0.15, 0.2) is 42.5 Å². The molecule has 1 N–H and O–H groups in total. The number of hydrogen-bond donors (Lipinski definition) is 1. The molecule has 0 radical (unpaired) electrons. The third-order valence-corrected chi connectivity index (χ3v) is 13.5. The van der Waals surface area contributed by atoms with E-state index in [1.54, 1.807) is 12.1 Å². The number of carbonyl (C=O) groups is 5. The van der Waals surface area contributed by atoms with Gasteiger partial charge in [0.15, 0.2) is 11.5 Å². The highest BCUT2D eigenvalue weighted by Crippen LogP contribution is 2.46. The molecule has 5 saturated heterocycles. The van der Waals surface area contributed by atoms with Crippen molar-refractivity contribution in [2.45, 2.75) is 51.1 Å². The lowest BCUT2D eigenvalue weighted by Gasteiger charge is -2.44. The number of piperazine rings is 1. The molecular weight excluding hydrogens is 779 g/mol. The van der Waals surface area contributed by atoms with Crippen LogP contribution in [0.3, 0.4) is 0 Å². The van der Waals surface area contributed by atoms with Crippen LogP contribution in [0, 0.1) is 28.5 Å². The SMILES string of the molecule is C[C@H]1CC2(CCN(c3ccc(C(=O)N4CCN(CC5CN(c6cc7c(cc6F)C(=O)N(C6CCC(=O)NC6=O)C7=O)C5)CC4)nn3)CC2)CN1c1ccc(C#N)c(Cl)c1. The lowest BCUT2D eigenvalue weighted by molar-refractivity contribution is -0.136. The highest BCUT2D eigenvalue weighted by molar-refractivity contribution is 6.32. The Balaban J connectivity index is 0.730. The third-order valence-electron chi connectivity index (χ3n) is 13.2. The minimum atomic E-state index is -1.11. The van der Waals surface area contributed by atoms with E-state index in [0.717, 1.165) is 67.9 Å². The number of nitrogens with zero attached hydrogens (tertiary/aromatic N) is 9. The van der Waals surface area contributed by atoms with E-state index in [4.69, 9.17) is 11.6 Å². The van der Waals surface area contributed by atoms with Crippen molar-refractivity contribution < 1.29 is 28.4 Å². The van der Waals surface area contributed by atoms with E-state index in [1.165, 1.54) is 6.07 Å². The molecule has 5 fully saturated rings. The van der Waals surface area contributed by atoms with Gasteiger partial charge in [-0.3, -0.25) is 39.1 Å². The number of piperidine rings is 2. The summed E-state index contributed by atoms with van der Waals surface area (Å²) in [6, 6.07) is 13.2. The van der Waals surface area contributed by atoms with Gasteiger partial charge in [-0.1, -0.05) is 11.6 Å². The van der Waals surface area contributed by atoms with Crippen LogP contribution in [0.25, 0.3) is 0 Å². The number of aromatic nitrogens is 2. The minimum absolute atomic E-state index is 0.00839. The molecule has 0 aliphatic carbocycles. The number of rotatable bonds is 7. The highest BCUT2D eigenvalue weighted by atomic mass is 35.5. The second kappa shape index (κ2) is 15.2. The van der Waals surface area contributed by atoms with E-state index >= 15 is 4.39 Å². The first-order valence-electron chi connectivity index (χ1n) is 20.3. The van der Waals surface area contributed by atoms with Gasteiger partial charge in [-0.2, -0.15) is 5.26 Å². The van der Waals surface area contributed by atoms with Crippen LogP contribution in [0.2, 0.25) is 5.02 Å². The van der Waals surface area contributed by atoms with Crippen molar-refractivity contribution >= 4 is 58.3 Å². The number of amides is 5. The van der Waals surface area contributed by atoms with Crippen LogP contribution in [0.5, 0.6) is 0 Å². The average Bonchev–Trinajstić information content (AvgIpc) is 3.66. The maximum atomic E-state index is 15.3. The van der Waals surface area contributed by atoms with Gasteiger partial charge in [0.05, 0.1) is 27.4 Å². The minimum Gasteiger partial charge on any atom is -0.368 e. The second-order valence-electron chi connectivity index (χ2n) is 16.9. The van der Waals surface area contributed by atoms with E-state index in [-0.39, 0.29) is 46.9 Å². The van der Waals surface area contributed by atoms with Crippen LogP contribution < -0.4 is 20.0 Å². The largest absolute Gasteiger partial charge is 0.368 e. The van der Waals surface area contributed by atoms with Crippen molar-refractivity contribution in [3.05, 3.63) is 75.7 Å². The lowest BCUT2D eigenvalue weighted by Crippen LogP contribution is -2.55. The fourth-order valence-electron chi connectivity index (χ4n) is 9.88. The first-order chi connectivity index (χ1) is 28.4. The molecule has 5 amide bonds. The number of benzene rings is 2. The molecule has 9 rings (SSSR count). The number of carbonyl (C=O) groups excluding carboxylic acids is 5. The molecule has 2 atom stereocenters. The Morgan fingerprint density at radius 3 is 2.34 bits per heavy atom. The van der Waals surface area contributed by atoms with E-state index in [1.807, 2.05) is 28.0 Å². The van der Waals surface area contributed by atoms with Crippen LogP contribution in [0.4, 0.5) is 21.6 Å². The Morgan fingerprint density at radius 1 is 0.949 bits per heavy atom. The zero-order chi connectivity index (χ0) is 41.2. The molecule has 3 aromatic rings. The third kappa shape index (κ3) is 7.14. The molecule has 6 aliphatic heterocycles. The summed E-state index contributed by atoms with van der Waals surface area (Å²) < 4.78 is 15.3. The predicted octanol–water partition coefficient (Wildman–Crippen LogP) is 3.32. The molecule has 6 aliphatic rings. The monoisotopic (exact) mass is 822 g/mol. The second-order valence-corrected chi connectivity index (χ2v) is 17.3. The maximum Gasteiger partial charge on any atom is 0.274 e. The smallest absolute Gasteiger partial charge is 0.274 e. The molecule has 0 bridgehead atoms. The summed E-state index contributed by atoms with van der Waals surface area (Å²) in [5.74, 6) is -2.30. The Labute approximate surface area is 345 Å². The van der Waals surface area contributed by atoms with Gasteiger partial charge in [-0.15, -0.1) is 10.2 Å². The maximum absolute atomic E-state index is 15.3. The Hall–Kier alpha value is -5.66. The summed E-state index contributed by atoms with van der Waals surface area (Å²) in [6.07, 6.45) is 3.16. The molecule has 17 heteroatoms. The molecule has 306 valence electrons. The van der Waals surface area contributed by atoms with E-state index < -0.39 is 35.5 Å². The Morgan fingerprint density at radius 2 is 1.68 bits per heavy atom. The summed E-state index contributed by atoms with van der Waals surface area (Å²) in [4.78, 5) is 75.2. The Kier molecular flexibility index (Phi) is 9.99. The van der Waals surface area contributed by atoms with E-state index in [9.17, 15) is 29.2 Å². The number of imide groups is 2. The molecular formula is C42H44ClFN10O5. The summed E-state index contributed by atoms with van der Waals surface area (Å²) in [6.45, 7) is 9.29. The zero-order valence-electron chi connectivity index (χ0n) is 32.7. The van der Waals surface area contributed by atoms with Crippen LogP contribution in [0.1, 0.15) is 75.8 Å². The number of fused-ring (bicyclic) bond motifs is 1. The van der Waals surface area contributed by atoms with Gasteiger partial charge in [0.2, 0.25) is 11.8 Å². The molecule has 15 nitrogen and oxygen atoms in total. The summed E-state index contributed by atoms with van der Waals surface area (Å²) in [7, 11) is 0. The van der Waals surface area contributed by atoms with Crippen molar-refractivity contribution in [3.63, 3.8) is 0 Å². The average molecular weight is 823 g/mol. The topological polar surface area (TPSA) is 166 Å². The van der Waals surface area contributed by atoms with Gasteiger partial charge in [0.25, 0.3) is 17.7 Å². The fourth-order valence-corrected chi connectivity index (χ4v) is 10.1. The van der Waals surface area contributed by atoms with Crippen molar-refractivity contribution in [1.29, 1.82) is 5.26 Å². The summed E-state index contributed by atoms with van der Waals surface area (Å²) in [5.41, 5.74) is 2.26. The highest BCUT2D eigenvalue weighted by Gasteiger charge is 2.47. The summed E-state index contributed by atoms with van der Waals surface area (Å²) in [5, 5.41) is 20.7. The van der Waals surface area contributed by atoms with Crippen LogP contribution in [-0.2, 0) is 9.59 Å². The number of nitriles is 1. The summed E-state index contributed by atoms with van der Waals surface area (Å²) >= 11 is 6.36. The van der Waals surface area contributed by atoms with Gasteiger partial charge in [0.1, 0.15) is 17.9 Å². The first kappa shape index (κ1) is 38.8. The van der Waals surface area contributed by atoms with Crippen molar-refractivity contribution in [1.82, 2.24) is 30.2 Å². The quantitative estimate of drug-likeness (QED) is 0.346. The molecule has 2 aromatic carbocycles.